The summed E-state index contributed by atoms with van der Waals surface area (Å²) >= 11 is 0. The van der Waals surface area contributed by atoms with Gasteiger partial charge in [0.1, 0.15) is 0 Å². The molecule has 0 bridgehead atoms. The molecule has 15 heavy (non-hydrogen) atoms. The fourth-order valence-corrected chi connectivity index (χ4v) is 1.53. The van der Waals surface area contributed by atoms with Crippen LogP contribution in [0, 0.1) is 6.92 Å². The molecule has 4 heteroatoms. The third-order valence-corrected chi connectivity index (χ3v) is 2.23. The van der Waals surface area contributed by atoms with E-state index in [1.54, 1.807) is 12.3 Å². The zero-order chi connectivity index (χ0) is 10.8. The van der Waals surface area contributed by atoms with Gasteiger partial charge in [-0.05, 0) is 24.6 Å². The summed E-state index contributed by atoms with van der Waals surface area (Å²) in [6, 6.07) is 7.59. The summed E-state index contributed by atoms with van der Waals surface area (Å²) in [6.07, 6.45) is 1.76. The Balaban J connectivity index is 2.77. The third kappa shape index (κ3) is 1.61. The molecule has 0 aliphatic rings. The molecule has 0 amide bonds. The number of nitrogens with zero attached hydrogens (tertiary/aromatic N) is 2. The number of hydrogen-bond donors (Lipinski definition) is 2. The average Bonchev–Trinajstić information content (AvgIpc) is 2.26. The maximum absolute atomic E-state index is 8.64. The van der Waals surface area contributed by atoms with Crippen LogP contribution < -0.4 is 5.73 Å². The van der Waals surface area contributed by atoms with Crippen molar-refractivity contribution < 1.29 is 5.21 Å². The highest BCUT2D eigenvalue weighted by molar-refractivity contribution is 6.07. The summed E-state index contributed by atoms with van der Waals surface area (Å²) in [7, 11) is 0. The lowest BCUT2D eigenvalue weighted by Crippen LogP contribution is -2.13. The standard InChI is InChI=1S/C11H11N3O/c1-7-5-8-3-2-4-9(11(12)14-15)10(8)13-6-7/h2-6,15H,1H3,(H2,12,14). The summed E-state index contributed by atoms with van der Waals surface area (Å²) in [5.74, 6) is 0.0805. The Bertz CT molecular complexity index is 534. The molecule has 0 spiro atoms. The summed E-state index contributed by atoms with van der Waals surface area (Å²) < 4.78 is 0. The van der Waals surface area contributed by atoms with Gasteiger partial charge in [-0.1, -0.05) is 17.3 Å². The van der Waals surface area contributed by atoms with Crippen LogP contribution in [0.2, 0.25) is 0 Å². The van der Waals surface area contributed by atoms with Gasteiger partial charge in [0.15, 0.2) is 5.84 Å². The van der Waals surface area contributed by atoms with Crippen LogP contribution in [0.25, 0.3) is 10.9 Å². The minimum Gasteiger partial charge on any atom is -0.409 e. The Morgan fingerprint density at radius 2 is 2.27 bits per heavy atom. The second-order valence-corrected chi connectivity index (χ2v) is 3.38. The van der Waals surface area contributed by atoms with Gasteiger partial charge in [-0.3, -0.25) is 4.98 Å². The predicted octanol–water partition coefficient (Wildman–Crippen LogP) is 1.64. The van der Waals surface area contributed by atoms with Crippen molar-refractivity contribution in [1.29, 1.82) is 0 Å². The summed E-state index contributed by atoms with van der Waals surface area (Å²) in [5.41, 5.74) is 8.04. The quantitative estimate of drug-likeness (QED) is 0.319. The fourth-order valence-electron chi connectivity index (χ4n) is 1.53. The molecule has 76 valence electrons. The zero-order valence-electron chi connectivity index (χ0n) is 8.31. The maximum Gasteiger partial charge on any atom is 0.172 e. The SMILES string of the molecule is Cc1cnc2c(/C(N)=N\O)cccc2c1. The molecule has 0 fully saturated rings. The van der Waals surface area contributed by atoms with E-state index in [1.807, 2.05) is 25.1 Å². The Morgan fingerprint density at radius 3 is 3.00 bits per heavy atom. The number of nitrogens with two attached hydrogens (primary N) is 1. The first kappa shape index (κ1) is 9.45. The number of pyridine rings is 1. The molecule has 2 rings (SSSR count). The van der Waals surface area contributed by atoms with E-state index in [0.717, 1.165) is 16.5 Å². The van der Waals surface area contributed by atoms with Crippen LogP contribution in [0.3, 0.4) is 0 Å². The number of benzene rings is 1. The molecular weight excluding hydrogens is 190 g/mol. The normalized spacial score (nSPS) is 11.9. The van der Waals surface area contributed by atoms with E-state index in [9.17, 15) is 0 Å². The molecule has 1 aromatic carbocycles. The predicted molar refractivity (Wildman–Crippen MR) is 59.0 cm³/mol. The Labute approximate surface area is 87.0 Å². The minimum absolute atomic E-state index is 0.0805. The molecule has 1 aromatic heterocycles. The Morgan fingerprint density at radius 1 is 1.47 bits per heavy atom. The van der Waals surface area contributed by atoms with Gasteiger partial charge in [0, 0.05) is 17.1 Å². The lowest BCUT2D eigenvalue weighted by molar-refractivity contribution is 0.318. The van der Waals surface area contributed by atoms with Gasteiger partial charge >= 0.3 is 0 Å². The van der Waals surface area contributed by atoms with Gasteiger partial charge in [-0.25, -0.2) is 0 Å². The van der Waals surface area contributed by atoms with Crippen LogP contribution in [0.1, 0.15) is 11.1 Å². The van der Waals surface area contributed by atoms with Gasteiger partial charge in [-0.15, -0.1) is 0 Å². The van der Waals surface area contributed by atoms with Crippen molar-refractivity contribution in [2.45, 2.75) is 6.92 Å². The van der Waals surface area contributed by atoms with Crippen molar-refractivity contribution >= 4 is 16.7 Å². The second kappa shape index (κ2) is 3.57. The summed E-state index contributed by atoms with van der Waals surface area (Å²) in [5, 5.41) is 12.6. The largest absolute Gasteiger partial charge is 0.409 e. The van der Waals surface area contributed by atoms with Gasteiger partial charge in [0.05, 0.1) is 5.52 Å². The molecule has 0 saturated carbocycles. The molecule has 0 aliphatic carbocycles. The van der Waals surface area contributed by atoms with Crippen molar-refractivity contribution in [3.8, 4) is 0 Å². The van der Waals surface area contributed by atoms with E-state index >= 15 is 0 Å². The number of para-hydroxylation sites is 1. The van der Waals surface area contributed by atoms with Crippen molar-refractivity contribution in [3.05, 3.63) is 41.6 Å². The van der Waals surface area contributed by atoms with E-state index in [0.29, 0.717) is 5.56 Å². The number of fused-ring (bicyclic) bond motifs is 1. The second-order valence-electron chi connectivity index (χ2n) is 3.38. The monoisotopic (exact) mass is 201 g/mol. The smallest absolute Gasteiger partial charge is 0.172 e. The highest BCUT2D eigenvalue weighted by Crippen LogP contribution is 2.17. The molecule has 4 nitrogen and oxygen atoms in total. The number of hydrogen-bond acceptors (Lipinski definition) is 3. The molecule has 0 aliphatic heterocycles. The first-order valence-electron chi connectivity index (χ1n) is 4.55. The minimum atomic E-state index is 0.0805. The Hall–Kier alpha value is -2.10. The highest BCUT2D eigenvalue weighted by Gasteiger charge is 2.05. The maximum atomic E-state index is 8.64. The molecule has 2 aromatic rings. The number of amidine groups is 1. The summed E-state index contributed by atoms with van der Waals surface area (Å²) in [4.78, 5) is 4.28. The van der Waals surface area contributed by atoms with Crippen LogP contribution in [-0.2, 0) is 0 Å². The van der Waals surface area contributed by atoms with Gasteiger partial charge in [0.2, 0.25) is 0 Å². The van der Waals surface area contributed by atoms with Crippen molar-refractivity contribution in [3.63, 3.8) is 0 Å². The number of oxime groups is 1. The van der Waals surface area contributed by atoms with Crippen molar-refractivity contribution in [1.82, 2.24) is 4.98 Å². The van der Waals surface area contributed by atoms with Crippen molar-refractivity contribution in [2.75, 3.05) is 0 Å². The Kier molecular flexibility index (Phi) is 2.25. The molecule has 3 N–H and O–H groups in total. The molecule has 1 heterocycles. The van der Waals surface area contributed by atoms with E-state index in [-0.39, 0.29) is 5.84 Å². The van der Waals surface area contributed by atoms with Gasteiger partial charge in [0.25, 0.3) is 0 Å². The van der Waals surface area contributed by atoms with E-state index < -0.39 is 0 Å². The topological polar surface area (TPSA) is 71.5 Å². The number of aromatic nitrogens is 1. The first-order valence-corrected chi connectivity index (χ1v) is 4.55. The van der Waals surface area contributed by atoms with Crippen LogP contribution in [-0.4, -0.2) is 16.0 Å². The molecule has 0 atom stereocenters. The zero-order valence-corrected chi connectivity index (χ0v) is 8.31. The molecule has 0 unspecified atom stereocenters. The van der Waals surface area contributed by atoms with Crippen LogP contribution >= 0.6 is 0 Å². The fraction of sp³-hybridized carbons (Fsp3) is 0.0909. The molecule has 0 radical (unpaired) electrons. The number of aryl methyl sites for hydroxylation is 1. The highest BCUT2D eigenvalue weighted by atomic mass is 16.4. The van der Waals surface area contributed by atoms with E-state index in [4.69, 9.17) is 10.9 Å². The van der Waals surface area contributed by atoms with E-state index in [1.165, 1.54) is 0 Å². The number of rotatable bonds is 1. The van der Waals surface area contributed by atoms with Crippen LogP contribution in [0.4, 0.5) is 0 Å². The van der Waals surface area contributed by atoms with Crippen LogP contribution in [0.5, 0.6) is 0 Å². The third-order valence-electron chi connectivity index (χ3n) is 2.23. The first-order chi connectivity index (χ1) is 7.22. The van der Waals surface area contributed by atoms with Crippen molar-refractivity contribution in [2.24, 2.45) is 10.9 Å². The average molecular weight is 201 g/mol. The molecular formula is C11H11N3O. The molecule has 0 saturated heterocycles. The lowest BCUT2D eigenvalue weighted by atomic mass is 10.1. The van der Waals surface area contributed by atoms with Gasteiger partial charge in [-0.2, -0.15) is 0 Å². The van der Waals surface area contributed by atoms with Gasteiger partial charge < -0.3 is 10.9 Å². The van der Waals surface area contributed by atoms with E-state index in [2.05, 4.69) is 10.1 Å². The lowest BCUT2D eigenvalue weighted by Gasteiger charge is -2.04. The summed E-state index contributed by atoms with van der Waals surface area (Å²) in [6.45, 7) is 1.97. The van der Waals surface area contributed by atoms with Crippen LogP contribution in [0.15, 0.2) is 35.6 Å².